The van der Waals surface area contributed by atoms with E-state index in [2.05, 4.69) is 20.6 Å². The second kappa shape index (κ2) is 5.35. The van der Waals surface area contributed by atoms with Crippen molar-refractivity contribution in [2.45, 2.75) is 20.3 Å². The lowest BCUT2D eigenvalue weighted by Crippen LogP contribution is -2.16. The van der Waals surface area contributed by atoms with Gasteiger partial charge < -0.3 is 15.6 Å². The van der Waals surface area contributed by atoms with Crippen LogP contribution in [0.4, 0.5) is 5.82 Å². The summed E-state index contributed by atoms with van der Waals surface area (Å²) >= 11 is 5.04. The minimum atomic E-state index is 0.335. The Bertz CT molecular complexity index is 602. The molecule has 8 heteroatoms. The summed E-state index contributed by atoms with van der Waals surface area (Å²) in [5, 5.41) is 11.3. The van der Waals surface area contributed by atoms with Crippen LogP contribution in [-0.2, 0) is 13.5 Å². The molecule has 2 aromatic rings. The summed E-state index contributed by atoms with van der Waals surface area (Å²) in [6.45, 7) is 4.30. The van der Waals surface area contributed by atoms with Crippen molar-refractivity contribution in [1.82, 2.24) is 19.9 Å². The molecule has 2 aromatic heterocycles. The molecular weight excluding hydrogens is 264 g/mol. The van der Waals surface area contributed by atoms with Gasteiger partial charge in [0.2, 0.25) is 5.89 Å². The Morgan fingerprint density at radius 2 is 2.21 bits per heavy atom. The molecule has 2 heterocycles. The number of nitrogens with one attached hydrogen (secondary N) is 1. The van der Waals surface area contributed by atoms with Crippen LogP contribution in [0.5, 0.6) is 0 Å². The highest BCUT2D eigenvalue weighted by Gasteiger charge is 2.15. The fourth-order valence-electron chi connectivity index (χ4n) is 1.89. The van der Waals surface area contributed by atoms with Gasteiger partial charge in [-0.2, -0.15) is 10.1 Å². The normalized spacial score (nSPS) is 10.7. The molecule has 0 aromatic carbocycles. The number of anilines is 1. The Hall–Kier alpha value is -1.96. The average Bonchev–Trinajstić information content (AvgIpc) is 2.84. The van der Waals surface area contributed by atoms with Crippen LogP contribution < -0.4 is 11.1 Å². The van der Waals surface area contributed by atoms with Crippen molar-refractivity contribution in [3.8, 4) is 0 Å². The highest BCUT2D eigenvalue weighted by atomic mass is 32.1. The predicted octanol–water partition coefficient (Wildman–Crippen LogP) is 0.709. The van der Waals surface area contributed by atoms with Gasteiger partial charge >= 0.3 is 0 Å². The number of thiocarbonyl (C=S) groups is 1. The van der Waals surface area contributed by atoms with Crippen molar-refractivity contribution < 1.29 is 4.52 Å². The Balaban J connectivity index is 2.05. The summed E-state index contributed by atoms with van der Waals surface area (Å²) in [6, 6.07) is 0. The summed E-state index contributed by atoms with van der Waals surface area (Å²) in [6.07, 6.45) is 0.627. The summed E-state index contributed by atoms with van der Waals surface area (Å²) in [7, 11) is 1.84. The molecule has 0 saturated heterocycles. The molecule has 0 aliphatic heterocycles. The van der Waals surface area contributed by atoms with E-state index in [0.717, 1.165) is 17.1 Å². The van der Waals surface area contributed by atoms with Crippen LogP contribution in [0.2, 0.25) is 0 Å². The molecule has 0 aliphatic rings. The van der Waals surface area contributed by atoms with E-state index in [1.54, 1.807) is 11.6 Å². The first kappa shape index (κ1) is 13.5. The van der Waals surface area contributed by atoms with E-state index in [1.807, 2.05) is 14.0 Å². The van der Waals surface area contributed by atoms with E-state index in [1.165, 1.54) is 0 Å². The first-order valence-corrected chi connectivity index (χ1v) is 6.26. The summed E-state index contributed by atoms with van der Waals surface area (Å²) in [5.74, 6) is 2.04. The minimum Gasteiger partial charge on any atom is -0.389 e. The molecule has 3 N–H and O–H groups in total. The summed E-state index contributed by atoms with van der Waals surface area (Å²) in [5.41, 5.74) is 7.30. The van der Waals surface area contributed by atoms with Crippen molar-refractivity contribution in [2.75, 3.05) is 11.9 Å². The van der Waals surface area contributed by atoms with Gasteiger partial charge in [0, 0.05) is 20.0 Å². The fraction of sp³-hybridized carbons (Fsp3) is 0.455. The van der Waals surface area contributed by atoms with Gasteiger partial charge in [-0.3, -0.25) is 4.68 Å². The predicted molar refractivity (Wildman–Crippen MR) is 75.1 cm³/mol. The van der Waals surface area contributed by atoms with Crippen molar-refractivity contribution in [3.63, 3.8) is 0 Å². The zero-order chi connectivity index (χ0) is 14.0. The van der Waals surface area contributed by atoms with Gasteiger partial charge in [-0.25, -0.2) is 0 Å². The van der Waals surface area contributed by atoms with Gasteiger partial charge in [-0.15, -0.1) is 0 Å². The molecule has 0 atom stereocenters. The smallest absolute Gasteiger partial charge is 0.228 e. The molecule has 0 saturated carbocycles. The van der Waals surface area contributed by atoms with E-state index in [-0.39, 0.29) is 0 Å². The number of nitrogens with zero attached hydrogens (tertiary/aromatic N) is 4. The number of hydrogen-bond acceptors (Lipinski definition) is 6. The second-order valence-corrected chi connectivity index (χ2v) is 4.65. The third kappa shape index (κ3) is 2.90. The Labute approximate surface area is 116 Å². The molecule has 2 rings (SSSR count). The molecule has 0 amide bonds. The number of hydrogen-bond donors (Lipinski definition) is 2. The van der Waals surface area contributed by atoms with Gasteiger partial charge in [0.15, 0.2) is 5.82 Å². The highest BCUT2D eigenvalue weighted by Crippen LogP contribution is 2.18. The maximum Gasteiger partial charge on any atom is 0.228 e. The average molecular weight is 280 g/mol. The number of aromatic nitrogens is 4. The zero-order valence-corrected chi connectivity index (χ0v) is 11.9. The van der Waals surface area contributed by atoms with E-state index in [9.17, 15) is 0 Å². The molecule has 7 nitrogen and oxygen atoms in total. The van der Waals surface area contributed by atoms with Gasteiger partial charge in [0.25, 0.3) is 0 Å². The summed E-state index contributed by atoms with van der Waals surface area (Å²) < 4.78 is 6.77. The Kier molecular flexibility index (Phi) is 3.79. The van der Waals surface area contributed by atoms with Crippen molar-refractivity contribution in [1.29, 1.82) is 0 Å². The van der Waals surface area contributed by atoms with Gasteiger partial charge in [0.1, 0.15) is 10.8 Å². The Morgan fingerprint density at radius 1 is 1.47 bits per heavy atom. The maximum atomic E-state index is 5.71. The minimum absolute atomic E-state index is 0.335. The lowest BCUT2D eigenvalue weighted by atomic mass is 10.2. The van der Waals surface area contributed by atoms with Gasteiger partial charge in [-0.05, 0) is 13.8 Å². The highest BCUT2D eigenvalue weighted by molar-refractivity contribution is 7.80. The van der Waals surface area contributed by atoms with Crippen LogP contribution in [0.25, 0.3) is 0 Å². The molecule has 0 aliphatic carbocycles. The number of nitrogens with two attached hydrogens (primary N) is 1. The van der Waals surface area contributed by atoms with Crippen molar-refractivity contribution >= 4 is 23.0 Å². The van der Waals surface area contributed by atoms with Crippen LogP contribution in [0, 0.1) is 13.8 Å². The third-order valence-corrected chi connectivity index (χ3v) is 2.87. The second-order valence-electron chi connectivity index (χ2n) is 4.21. The topological polar surface area (TPSA) is 94.8 Å². The van der Waals surface area contributed by atoms with Crippen LogP contribution >= 0.6 is 12.2 Å². The SMILES string of the molecule is Cc1noc(CCNc2c(C(N)=S)c(C)nn2C)n1. The molecular formula is C11H16N6OS. The first-order valence-electron chi connectivity index (χ1n) is 5.85. The van der Waals surface area contributed by atoms with Crippen LogP contribution in [-0.4, -0.2) is 31.5 Å². The van der Waals surface area contributed by atoms with Gasteiger partial charge in [-0.1, -0.05) is 17.4 Å². The van der Waals surface area contributed by atoms with Crippen LogP contribution in [0.1, 0.15) is 23.0 Å². The van der Waals surface area contributed by atoms with Crippen molar-refractivity contribution in [3.05, 3.63) is 23.0 Å². The largest absolute Gasteiger partial charge is 0.389 e. The molecule has 102 valence electrons. The third-order valence-electron chi connectivity index (χ3n) is 2.67. The number of rotatable bonds is 5. The Morgan fingerprint density at radius 3 is 2.79 bits per heavy atom. The molecule has 19 heavy (non-hydrogen) atoms. The lowest BCUT2D eigenvalue weighted by molar-refractivity contribution is 0.377. The van der Waals surface area contributed by atoms with E-state index in [0.29, 0.717) is 29.7 Å². The van der Waals surface area contributed by atoms with Gasteiger partial charge in [0.05, 0.1) is 11.3 Å². The quantitative estimate of drug-likeness (QED) is 0.779. The molecule has 0 unspecified atom stereocenters. The standard InChI is InChI=1S/C11H16N6OS/c1-6-9(10(12)19)11(17(3)15-6)13-5-4-8-14-7(2)16-18-8/h13H,4-5H2,1-3H3,(H2,12,19). The summed E-state index contributed by atoms with van der Waals surface area (Å²) in [4.78, 5) is 4.47. The molecule has 0 bridgehead atoms. The van der Waals surface area contributed by atoms with Crippen LogP contribution in [0.3, 0.4) is 0 Å². The lowest BCUT2D eigenvalue weighted by Gasteiger charge is -2.07. The first-order chi connectivity index (χ1) is 8.99. The van der Waals surface area contributed by atoms with E-state index < -0.39 is 0 Å². The fourth-order valence-corrected chi connectivity index (χ4v) is 2.13. The zero-order valence-electron chi connectivity index (χ0n) is 11.1. The van der Waals surface area contributed by atoms with Crippen molar-refractivity contribution in [2.24, 2.45) is 12.8 Å². The van der Waals surface area contributed by atoms with E-state index >= 15 is 0 Å². The maximum absolute atomic E-state index is 5.71. The monoisotopic (exact) mass is 280 g/mol. The molecule has 0 radical (unpaired) electrons. The molecule has 0 fully saturated rings. The molecule has 0 spiro atoms. The van der Waals surface area contributed by atoms with Crippen LogP contribution in [0.15, 0.2) is 4.52 Å². The number of aryl methyl sites for hydroxylation is 3. The van der Waals surface area contributed by atoms with E-state index in [4.69, 9.17) is 22.5 Å².